The van der Waals surface area contributed by atoms with Gasteiger partial charge in [-0.25, -0.2) is 4.99 Å². The Balaban J connectivity index is 1.50. The van der Waals surface area contributed by atoms with Gasteiger partial charge in [0.15, 0.2) is 0 Å². The van der Waals surface area contributed by atoms with Crippen LogP contribution in [0.1, 0.15) is 67.5 Å². The summed E-state index contributed by atoms with van der Waals surface area (Å²) in [6.07, 6.45) is 4.69. The van der Waals surface area contributed by atoms with Gasteiger partial charge in [0, 0.05) is 18.2 Å². The number of hydrogen-bond acceptors (Lipinski definition) is 4. The standard InChI is InChI=1S/C27H35N3O/c1-18(2)15-21-5-7-22(8-6-21)27(31-28)29-20(4)23-9-11-25-24(16-23)10-12-26(25)30-14-13-19(3)17-30/h5-9,11,16,18-19,26H,4,10,12-15,17,28H2,1-3H3/b29-27-/t19-,26?/m1/s1. The van der Waals surface area contributed by atoms with Gasteiger partial charge in [-0.1, -0.05) is 51.6 Å². The Bertz CT molecular complexity index is 961. The molecule has 0 amide bonds. The summed E-state index contributed by atoms with van der Waals surface area (Å²) in [5, 5.41) is 0. The number of likely N-dealkylation sites (tertiary alicyclic amines) is 1. The Morgan fingerprint density at radius 2 is 1.90 bits per heavy atom. The monoisotopic (exact) mass is 417 g/mol. The number of nitrogens with zero attached hydrogens (tertiary/aromatic N) is 2. The third-order valence-electron chi connectivity index (χ3n) is 6.61. The summed E-state index contributed by atoms with van der Waals surface area (Å²) in [5.74, 6) is 7.39. The minimum absolute atomic E-state index is 0.394. The number of rotatable bonds is 6. The molecule has 2 aromatic rings. The van der Waals surface area contributed by atoms with Gasteiger partial charge >= 0.3 is 0 Å². The normalized spacial score (nSPS) is 21.5. The zero-order valence-electron chi connectivity index (χ0n) is 19.1. The van der Waals surface area contributed by atoms with Crippen LogP contribution in [0.5, 0.6) is 0 Å². The summed E-state index contributed by atoms with van der Waals surface area (Å²) in [4.78, 5) is 12.4. The maximum atomic E-state index is 5.56. The molecule has 2 aromatic carbocycles. The lowest BCUT2D eigenvalue weighted by molar-refractivity contribution is 0.238. The zero-order chi connectivity index (χ0) is 22.0. The Hall–Kier alpha value is -2.43. The van der Waals surface area contributed by atoms with Gasteiger partial charge in [-0.15, -0.1) is 0 Å². The number of hydrogen-bond donors (Lipinski definition) is 1. The molecule has 1 heterocycles. The van der Waals surface area contributed by atoms with Gasteiger partial charge in [0.1, 0.15) is 0 Å². The zero-order valence-corrected chi connectivity index (χ0v) is 19.1. The van der Waals surface area contributed by atoms with Gasteiger partial charge < -0.3 is 4.84 Å². The van der Waals surface area contributed by atoms with Crippen molar-refractivity contribution in [2.75, 3.05) is 13.1 Å². The smallest absolute Gasteiger partial charge is 0.245 e. The Morgan fingerprint density at radius 3 is 2.55 bits per heavy atom. The molecule has 4 heteroatoms. The minimum atomic E-state index is 0.394. The van der Waals surface area contributed by atoms with Crippen LogP contribution in [-0.4, -0.2) is 23.9 Å². The lowest BCUT2D eigenvalue weighted by Crippen LogP contribution is -2.24. The van der Waals surface area contributed by atoms with Crippen LogP contribution >= 0.6 is 0 Å². The highest BCUT2D eigenvalue weighted by molar-refractivity contribution is 5.97. The van der Waals surface area contributed by atoms with Crippen molar-refractivity contribution in [3.05, 3.63) is 76.9 Å². The minimum Gasteiger partial charge on any atom is -0.391 e. The van der Waals surface area contributed by atoms with Crippen LogP contribution < -0.4 is 5.90 Å². The van der Waals surface area contributed by atoms with E-state index in [0.29, 0.717) is 23.6 Å². The second-order valence-corrected chi connectivity index (χ2v) is 9.63. The maximum Gasteiger partial charge on any atom is 0.245 e. The number of fused-ring (bicyclic) bond motifs is 1. The van der Waals surface area contributed by atoms with Crippen molar-refractivity contribution >= 4 is 11.6 Å². The number of aryl methyl sites for hydroxylation is 1. The molecule has 4 rings (SSSR count). The van der Waals surface area contributed by atoms with E-state index in [2.05, 4.69) is 67.6 Å². The quantitative estimate of drug-likeness (QED) is 0.382. The molecule has 1 saturated heterocycles. The van der Waals surface area contributed by atoms with E-state index in [-0.39, 0.29) is 0 Å². The summed E-state index contributed by atoms with van der Waals surface area (Å²) in [6, 6.07) is 15.5. The maximum absolute atomic E-state index is 5.56. The van der Waals surface area contributed by atoms with E-state index in [9.17, 15) is 0 Å². The van der Waals surface area contributed by atoms with Crippen molar-refractivity contribution in [1.29, 1.82) is 0 Å². The van der Waals surface area contributed by atoms with Gasteiger partial charge in [-0.3, -0.25) is 4.90 Å². The van der Waals surface area contributed by atoms with Gasteiger partial charge in [-0.05, 0) is 84.5 Å². The molecule has 31 heavy (non-hydrogen) atoms. The van der Waals surface area contributed by atoms with Gasteiger partial charge in [0.2, 0.25) is 5.90 Å². The first-order chi connectivity index (χ1) is 14.9. The van der Waals surface area contributed by atoms with Crippen LogP contribution in [-0.2, 0) is 17.7 Å². The molecule has 1 unspecified atom stereocenters. The van der Waals surface area contributed by atoms with Crippen LogP contribution in [0.2, 0.25) is 0 Å². The van der Waals surface area contributed by atoms with E-state index < -0.39 is 0 Å². The fourth-order valence-corrected chi connectivity index (χ4v) is 5.01. The SMILES string of the molecule is C=C(/N=C(\ON)c1ccc(CC(C)C)cc1)c1ccc2c(c1)CCC2N1CC[C@@H](C)C1. The predicted octanol–water partition coefficient (Wildman–Crippen LogP) is 5.52. The highest BCUT2D eigenvalue weighted by atomic mass is 16.6. The fourth-order valence-electron chi connectivity index (χ4n) is 5.01. The van der Waals surface area contributed by atoms with E-state index in [1.165, 1.54) is 42.6 Å². The highest BCUT2D eigenvalue weighted by Gasteiger charge is 2.31. The van der Waals surface area contributed by atoms with Gasteiger partial charge in [0.25, 0.3) is 0 Å². The first-order valence-corrected chi connectivity index (χ1v) is 11.6. The van der Waals surface area contributed by atoms with Gasteiger partial charge in [0.05, 0.1) is 5.70 Å². The molecule has 1 fully saturated rings. The molecule has 1 aliphatic carbocycles. The van der Waals surface area contributed by atoms with Crippen molar-refractivity contribution in [3.8, 4) is 0 Å². The van der Waals surface area contributed by atoms with Crippen LogP contribution in [0.4, 0.5) is 0 Å². The number of aliphatic imine (C=N–C) groups is 1. The van der Waals surface area contributed by atoms with E-state index in [4.69, 9.17) is 10.7 Å². The van der Waals surface area contributed by atoms with E-state index in [1.54, 1.807) is 0 Å². The Kier molecular flexibility index (Phi) is 6.59. The Labute approximate surface area is 186 Å². The first-order valence-electron chi connectivity index (χ1n) is 11.6. The van der Waals surface area contributed by atoms with Crippen molar-refractivity contribution in [2.45, 2.75) is 52.5 Å². The summed E-state index contributed by atoms with van der Waals surface area (Å²) < 4.78 is 0. The topological polar surface area (TPSA) is 50.9 Å². The molecule has 2 atom stereocenters. The molecule has 0 saturated carbocycles. The van der Waals surface area contributed by atoms with E-state index in [0.717, 1.165) is 29.9 Å². The fraction of sp³-hybridized carbons (Fsp3) is 0.444. The lowest BCUT2D eigenvalue weighted by atomic mass is 10.0. The van der Waals surface area contributed by atoms with Crippen LogP contribution in [0.25, 0.3) is 5.70 Å². The number of benzene rings is 2. The Morgan fingerprint density at radius 1 is 1.16 bits per heavy atom. The van der Waals surface area contributed by atoms with Crippen LogP contribution in [0.3, 0.4) is 0 Å². The van der Waals surface area contributed by atoms with E-state index in [1.807, 2.05) is 12.1 Å². The molecule has 1 aliphatic heterocycles. The molecule has 164 valence electrons. The molecule has 4 nitrogen and oxygen atoms in total. The molecular weight excluding hydrogens is 382 g/mol. The van der Waals surface area contributed by atoms with Crippen LogP contribution in [0, 0.1) is 11.8 Å². The molecule has 2 aliphatic rings. The average Bonchev–Trinajstić information content (AvgIpc) is 3.37. The second-order valence-electron chi connectivity index (χ2n) is 9.63. The summed E-state index contributed by atoms with van der Waals surface area (Å²) in [5.41, 5.74) is 6.76. The highest BCUT2D eigenvalue weighted by Crippen LogP contribution is 2.39. The van der Waals surface area contributed by atoms with Crippen molar-refractivity contribution in [2.24, 2.45) is 22.7 Å². The molecule has 0 aromatic heterocycles. The summed E-state index contributed by atoms with van der Waals surface area (Å²) >= 11 is 0. The molecule has 2 N–H and O–H groups in total. The summed E-state index contributed by atoms with van der Waals surface area (Å²) in [7, 11) is 0. The largest absolute Gasteiger partial charge is 0.391 e. The van der Waals surface area contributed by atoms with Crippen molar-refractivity contribution < 1.29 is 4.84 Å². The van der Waals surface area contributed by atoms with Crippen LogP contribution in [0.15, 0.2) is 54.0 Å². The first kappa shape index (κ1) is 21.8. The van der Waals surface area contributed by atoms with E-state index >= 15 is 0 Å². The average molecular weight is 418 g/mol. The molecule has 0 spiro atoms. The third kappa shape index (κ3) is 4.91. The second kappa shape index (κ2) is 9.37. The number of nitrogens with two attached hydrogens (primary N) is 1. The third-order valence-corrected chi connectivity index (χ3v) is 6.61. The molecule has 0 radical (unpaired) electrons. The molecular formula is C27H35N3O. The van der Waals surface area contributed by atoms with Gasteiger partial charge in [-0.2, -0.15) is 5.90 Å². The van der Waals surface area contributed by atoms with Crippen molar-refractivity contribution in [1.82, 2.24) is 4.90 Å². The molecule has 0 bridgehead atoms. The van der Waals surface area contributed by atoms with Crippen molar-refractivity contribution in [3.63, 3.8) is 0 Å². The lowest BCUT2D eigenvalue weighted by Gasteiger charge is -2.24. The summed E-state index contributed by atoms with van der Waals surface area (Å²) in [6.45, 7) is 13.4. The predicted molar refractivity (Wildman–Crippen MR) is 129 cm³/mol.